The van der Waals surface area contributed by atoms with E-state index in [1.165, 1.54) is 0 Å². The number of aromatic nitrogens is 1. The van der Waals surface area contributed by atoms with Crippen molar-refractivity contribution in [3.63, 3.8) is 0 Å². The minimum Gasteiger partial charge on any atom is -0.497 e. The van der Waals surface area contributed by atoms with Crippen LogP contribution in [0.25, 0.3) is 0 Å². The number of nitrogens with one attached hydrogen (secondary N) is 3. The summed E-state index contributed by atoms with van der Waals surface area (Å²) in [6.07, 6.45) is -4.68. The van der Waals surface area contributed by atoms with E-state index in [1.807, 2.05) is 4.98 Å². The van der Waals surface area contributed by atoms with Crippen molar-refractivity contribution in [2.24, 2.45) is 0 Å². The lowest BCUT2D eigenvalue weighted by molar-refractivity contribution is -0.140. The molecule has 0 unspecified atom stereocenters. The second-order valence-corrected chi connectivity index (χ2v) is 8.52. The van der Waals surface area contributed by atoms with Crippen molar-refractivity contribution in [3.05, 3.63) is 72.1 Å². The molecule has 38 heavy (non-hydrogen) atoms. The van der Waals surface area contributed by atoms with E-state index in [2.05, 4.69) is 10.6 Å². The van der Waals surface area contributed by atoms with Crippen molar-refractivity contribution < 1.29 is 37.0 Å². The number of hydrogen-bond donors (Lipinski definition) is 3. The Hall–Kier alpha value is -4.48. The number of halogens is 3. The van der Waals surface area contributed by atoms with Crippen LogP contribution in [-0.2, 0) is 15.8 Å². The number of nitrogens with zero attached hydrogens (tertiary/aromatic N) is 1. The minimum atomic E-state index is -4.68. The van der Waals surface area contributed by atoms with Gasteiger partial charge < -0.3 is 30.0 Å². The summed E-state index contributed by atoms with van der Waals surface area (Å²) in [5, 5.41) is 5.19. The van der Waals surface area contributed by atoms with Gasteiger partial charge >= 0.3 is 6.18 Å². The third-order valence-electron chi connectivity index (χ3n) is 5.06. The van der Waals surface area contributed by atoms with E-state index in [9.17, 15) is 27.6 Å². The molecule has 3 rings (SSSR count). The molecular weight excluding hydrogens is 505 g/mol. The number of hydrogen-bond acceptors (Lipinski definition) is 5. The summed E-state index contributed by atoms with van der Waals surface area (Å²) >= 11 is 0. The predicted molar refractivity (Wildman–Crippen MR) is 133 cm³/mol. The maximum Gasteiger partial charge on any atom is 0.431 e. The molecule has 1 heterocycles. The Balaban J connectivity index is 1.67. The molecule has 3 amide bonds. The van der Waals surface area contributed by atoms with Crippen molar-refractivity contribution in [2.45, 2.75) is 26.1 Å². The van der Waals surface area contributed by atoms with Gasteiger partial charge in [-0.1, -0.05) is 0 Å². The molecule has 0 bridgehead atoms. The number of carbonyl (C=O) groups is 3. The highest BCUT2D eigenvalue weighted by molar-refractivity contribution is 6.00. The quantitative estimate of drug-likeness (QED) is 0.357. The Kier molecular flexibility index (Phi) is 9.00. The van der Waals surface area contributed by atoms with Crippen LogP contribution < -0.4 is 20.1 Å². The van der Waals surface area contributed by atoms with Crippen molar-refractivity contribution in [2.75, 3.05) is 25.5 Å². The molecule has 12 heteroatoms. The van der Waals surface area contributed by atoms with Crippen molar-refractivity contribution in [1.29, 1.82) is 0 Å². The molecule has 2 aromatic carbocycles. The van der Waals surface area contributed by atoms with E-state index in [0.29, 0.717) is 22.9 Å². The molecular formula is C26H27F3N4O5. The van der Waals surface area contributed by atoms with Gasteiger partial charge in [0.2, 0.25) is 11.8 Å². The molecule has 9 nitrogen and oxygen atoms in total. The van der Waals surface area contributed by atoms with Gasteiger partial charge in [0, 0.05) is 11.7 Å². The fraction of sp³-hybridized carbons (Fsp3) is 0.269. The van der Waals surface area contributed by atoms with Crippen LogP contribution in [0.1, 0.15) is 30.0 Å². The van der Waals surface area contributed by atoms with Gasteiger partial charge in [-0.25, -0.2) is 0 Å². The highest BCUT2D eigenvalue weighted by atomic mass is 19.4. The zero-order chi connectivity index (χ0) is 27.9. The molecule has 202 valence electrons. The van der Waals surface area contributed by atoms with Crippen LogP contribution in [0.2, 0.25) is 0 Å². The normalized spacial score (nSPS) is 11.1. The van der Waals surface area contributed by atoms with Crippen LogP contribution in [0.4, 0.5) is 18.9 Å². The number of anilines is 1. The maximum absolute atomic E-state index is 13.0. The average molecular weight is 533 g/mol. The van der Waals surface area contributed by atoms with Crippen molar-refractivity contribution >= 4 is 23.4 Å². The number of ether oxygens (including phenoxy) is 2. The summed E-state index contributed by atoms with van der Waals surface area (Å²) in [5.74, 6) is -0.387. The number of amides is 3. The van der Waals surface area contributed by atoms with E-state index >= 15 is 0 Å². The first-order valence-electron chi connectivity index (χ1n) is 11.5. The second-order valence-electron chi connectivity index (χ2n) is 8.52. The monoisotopic (exact) mass is 532 g/mol. The Labute approximate surface area is 216 Å². The van der Waals surface area contributed by atoms with E-state index in [4.69, 9.17) is 9.47 Å². The number of rotatable bonds is 10. The number of aromatic amines is 1. The lowest BCUT2D eigenvalue weighted by Gasteiger charge is -2.22. The van der Waals surface area contributed by atoms with E-state index in [1.54, 1.807) is 69.5 Å². The first-order chi connectivity index (χ1) is 17.9. The number of carbonyl (C=O) groups excluding carboxylic acids is 3. The Morgan fingerprint density at radius 3 is 1.95 bits per heavy atom. The van der Waals surface area contributed by atoms with Crippen LogP contribution >= 0.6 is 0 Å². The lowest BCUT2D eigenvalue weighted by atomic mass is 10.2. The third-order valence-corrected chi connectivity index (χ3v) is 5.06. The van der Waals surface area contributed by atoms with E-state index in [0.717, 1.165) is 17.0 Å². The Bertz CT molecular complexity index is 1260. The topological polar surface area (TPSA) is 113 Å². The fourth-order valence-electron chi connectivity index (χ4n) is 3.36. The number of H-pyrrole nitrogens is 1. The molecule has 0 atom stereocenters. The van der Waals surface area contributed by atoms with Crippen LogP contribution in [-0.4, -0.2) is 53.8 Å². The molecule has 3 aromatic rings. The molecule has 3 N–H and O–H groups in total. The zero-order valence-corrected chi connectivity index (χ0v) is 20.9. The van der Waals surface area contributed by atoms with Gasteiger partial charge in [0.1, 0.15) is 41.7 Å². The fourth-order valence-corrected chi connectivity index (χ4v) is 3.36. The van der Waals surface area contributed by atoms with Crippen LogP contribution in [0.3, 0.4) is 0 Å². The summed E-state index contributed by atoms with van der Waals surface area (Å²) in [4.78, 5) is 40.7. The van der Waals surface area contributed by atoms with Gasteiger partial charge in [0.15, 0.2) is 0 Å². The number of alkyl halides is 3. The maximum atomic E-state index is 13.0. The highest BCUT2D eigenvalue weighted by Gasteiger charge is 2.33. The lowest BCUT2D eigenvalue weighted by Crippen LogP contribution is -2.45. The summed E-state index contributed by atoms with van der Waals surface area (Å²) < 4.78 is 49.7. The summed E-state index contributed by atoms with van der Waals surface area (Å²) in [5.41, 5.74) is -1.13. The van der Waals surface area contributed by atoms with Gasteiger partial charge in [0.25, 0.3) is 5.91 Å². The van der Waals surface area contributed by atoms with Crippen molar-refractivity contribution in [3.8, 4) is 17.2 Å². The van der Waals surface area contributed by atoms with Gasteiger partial charge in [-0.05, 0) is 74.5 Å². The van der Waals surface area contributed by atoms with Gasteiger partial charge in [-0.15, -0.1) is 0 Å². The average Bonchev–Trinajstić information content (AvgIpc) is 3.35. The highest BCUT2D eigenvalue weighted by Crippen LogP contribution is 2.28. The van der Waals surface area contributed by atoms with Crippen LogP contribution in [0, 0.1) is 0 Å². The molecule has 1 aromatic heterocycles. The largest absolute Gasteiger partial charge is 0.497 e. The number of benzene rings is 2. The molecule has 0 saturated carbocycles. The SMILES string of the molecule is COc1ccc(Oc2ccc(NC(=O)CN(CC(=O)NC(C)C)C(=O)c3ccc(C(F)(F)F)[nH]3)cc2)cc1. The van der Waals surface area contributed by atoms with Crippen molar-refractivity contribution in [1.82, 2.24) is 15.2 Å². The summed E-state index contributed by atoms with van der Waals surface area (Å²) in [6, 6.07) is 14.8. The molecule has 0 radical (unpaired) electrons. The van der Waals surface area contributed by atoms with E-state index in [-0.39, 0.29) is 6.04 Å². The van der Waals surface area contributed by atoms with Gasteiger partial charge in [-0.3, -0.25) is 14.4 Å². The molecule has 0 aliphatic rings. The van der Waals surface area contributed by atoms with Gasteiger partial charge in [0.05, 0.1) is 7.11 Å². The smallest absolute Gasteiger partial charge is 0.431 e. The molecule has 0 fully saturated rings. The molecule has 0 aliphatic heterocycles. The Morgan fingerprint density at radius 2 is 1.42 bits per heavy atom. The van der Waals surface area contributed by atoms with E-state index < -0.39 is 48.4 Å². The zero-order valence-electron chi connectivity index (χ0n) is 20.9. The first kappa shape index (κ1) is 28.1. The predicted octanol–water partition coefficient (Wildman–Crippen LogP) is 4.44. The Morgan fingerprint density at radius 1 is 0.868 bits per heavy atom. The van der Waals surface area contributed by atoms with Crippen LogP contribution in [0.5, 0.6) is 17.2 Å². The number of methoxy groups -OCH3 is 1. The first-order valence-corrected chi connectivity index (χ1v) is 11.5. The van der Waals surface area contributed by atoms with Gasteiger partial charge in [-0.2, -0.15) is 13.2 Å². The summed E-state index contributed by atoms with van der Waals surface area (Å²) in [7, 11) is 1.56. The molecule has 0 saturated heterocycles. The van der Waals surface area contributed by atoms with Crippen LogP contribution in [0.15, 0.2) is 60.7 Å². The second kappa shape index (κ2) is 12.2. The summed E-state index contributed by atoms with van der Waals surface area (Å²) in [6.45, 7) is 2.31. The third kappa shape index (κ3) is 8.02. The minimum absolute atomic E-state index is 0.241. The standard InChI is InChI=1S/C26H27F3N4O5/c1-16(2)30-23(34)14-33(25(36)21-12-13-22(32-21)26(27,28)29)15-24(35)31-17-4-6-19(7-5-17)38-20-10-8-18(37-3)9-11-20/h4-13,16,32H,14-15H2,1-3H3,(H,30,34)(H,31,35). The molecule has 0 spiro atoms. The molecule has 0 aliphatic carbocycles.